The van der Waals surface area contributed by atoms with E-state index in [4.69, 9.17) is 16.7 Å². The molecule has 0 radical (unpaired) electrons. The summed E-state index contributed by atoms with van der Waals surface area (Å²) in [5.41, 5.74) is 0. The molecule has 5 nitrogen and oxygen atoms in total. The average molecular weight is 242 g/mol. The lowest BCUT2D eigenvalue weighted by Gasteiger charge is -2.29. The number of carboxylic acids is 1. The predicted octanol–water partition coefficient (Wildman–Crippen LogP) is 1.43. The van der Waals surface area contributed by atoms with Gasteiger partial charge in [-0.3, -0.25) is 4.79 Å². The zero-order valence-corrected chi connectivity index (χ0v) is 9.39. The van der Waals surface area contributed by atoms with Crippen molar-refractivity contribution in [3.8, 4) is 0 Å². The number of hydrogen-bond acceptors (Lipinski definition) is 4. The van der Waals surface area contributed by atoms with Crippen LogP contribution >= 0.6 is 11.6 Å². The van der Waals surface area contributed by atoms with E-state index in [-0.39, 0.29) is 5.92 Å². The molecule has 1 aliphatic heterocycles. The summed E-state index contributed by atoms with van der Waals surface area (Å²) in [4.78, 5) is 21.0. The Morgan fingerprint density at radius 3 is 2.44 bits per heavy atom. The maximum Gasteiger partial charge on any atom is 0.306 e. The molecule has 1 aromatic rings. The fraction of sp³-hybridized carbons (Fsp3) is 0.500. The maximum absolute atomic E-state index is 10.8. The average Bonchev–Trinajstić information content (AvgIpc) is 2.30. The number of aromatic nitrogens is 2. The SMILES string of the molecule is O=C(O)C1CCN(c2ncc(Cl)cn2)CC1. The van der Waals surface area contributed by atoms with E-state index < -0.39 is 5.97 Å². The number of nitrogens with zero attached hydrogens (tertiary/aromatic N) is 3. The first-order valence-corrected chi connectivity index (χ1v) is 5.50. The zero-order valence-electron chi connectivity index (χ0n) is 8.64. The summed E-state index contributed by atoms with van der Waals surface area (Å²) in [5, 5.41) is 9.37. The van der Waals surface area contributed by atoms with E-state index in [1.54, 1.807) is 12.4 Å². The van der Waals surface area contributed by atoms with E-state index in [1.807, 2.05) is 4.90 Å². The third-order valence-corrected chi connectivity index (χ3v) is 2.93. The van der Waals surface area contributed by atoms with E-state index >= 15 is 0 Å². The second-order valence-corrected chi connectivity index (χ2v) is 4.24. The van der Waals surface area contributed by atoms with Gasteiger partial charge in [-0.1, -0.05) is 11.6 Å². The Kier molecular flexibility index (Phi) is 3.24. The Balaban J connectivity index is 1.99. The molecule has 0 saturated carbocycles. The van der Waals surface area contributed by atoms with Crippen LogP contribution in [0.1, 0.15) is 12.8 Å². The minimum absolute atomic E-state index is 0.233. The molecule has 0 bridgehead atoms. The van der Waals surface area contributed by atoms with Crippen LogP contribution in [0.15, 0.2) is 12.4 Å². The normalized spacial score (nSPS) is 17.4. The number of carboxylic acid groups (broad SMARTS) is 1. The van der Waals surface area contributed by atoms with Crippen LogP contribution in [0.5, 0.6) is 0 Å². The van der Waals surface area contributed by atoms with E-state index in [0.717, 1.165) is 0 Å². The van der Waals surface area contributed by atoms with Crippen LogP contribution in [-0.4, -0.2) is 34.1 Å². The molecular formula is C10H12ClN3O2. The monoisotopic (exact) mass is 241 g/mol. The van der Waals surface area contributed by atoms with Crippen molar-refractivity contribution >= 4 is 23.5 Å². The summed E-state index contributed by atoms with van der Waals surface area (Å²) < 4.78 is 0. The smallest absolute Gasteiger partial charge is 0.306 e. The van der Waals surface area contributed by atoms with Crippen molar-refractivity contribution in [2.75, 3.05) is 18.0 Å². The predicted molar refractivity (Wildman–Crippen MR) is 59.6 cm³/mol. The van der Waals surface area contributed by atoms with Gasteiger partial charge in [-0.05, 0) is 12.8 Å². The summed E-state index contributed by atoms with van der Waals surface area (Å²) in [6, 6.07) is 0. The molecule has 6 heteroatoms. The highest BCUT2D eigenvalue weighted by Gasteiger charge is 2.25. The number of halogens is 1. The lowest BCUT2D eigenvalue weighted by Crippen LogP contribution is -2.37. The lowest BCUT2D eigenvalue weighted by atomic mass is 9.97. The number of rotatable bonds is 2. The van der Waals surface area contributed by atoms with Crippen molar-refractivity contribution < 1.29 is 9.90 Å². The van der Waals surface area contributed by atoms with E-state index in [9.17, 15) is 4.79 Å². The largest absolute Gasteiger partial charge is 0.481 e. The van der Waals surface area contributed by atoms with E-state index in [1.165, 1.54) is 0 Å². The Morgan fingerprint density at radius 2 is 1.94 bits per heavy atom. The van der Waals surface area contributed by atoms with Crippen molar-refractivity contribution in [1.29, 1.82) is 0 Å². The number of aliphatic carboxylic acids is 1. The molecule has 2 heterocycles. The van der Waals surface area contributed by atoms with Gasteiger partial charge in [0, 0.05) is 13.1 Å². The minimum atomic E-state index is -0.711. The van der Waals surface area contributed by atoms with Gasteiger partial charge in [-0.2, -0.15) is 0 Å². The van der Waals surface area contributed by atoms with Crippen LogP contribution in [0.2, 0.25) is 5.02 Å². The second-order valence-electron chi connectivity index (χ2n) is 3.80. The molecule has 0 aromatic carbocycles. The van der Waals surface area contributed by atoms with Crippen molar-refractivity contribution in [3.05, 3.63) is 17.4 Å². The zero-order chi connectivity index (χ0) is 11.5. The van der Waals surface area contributed by atoms with Gasteiger partial charge in [0.15, 0.2) is 0 Å². The Hall–Kier alpha value is -1.36. The standard InChI is InChI=1S/C10H12ClN3O2/c11-8-5-12-10(13-6-8)14-3-1-7(2-4-14)9(15)16/h5-7H,1-4H2,(H,15,16). The van der Waals surface area contributed by atoms with Gasteiger partial charge in [0.2, 0.25) is 5.95 Å². The van der Waals surface area contributed by atoms with Crippen molar-refractivity contribution in [2.45, 2.75) is 12.8 Å². The molecule has 0 amide bonds. The highest BCUT2D eigenvalue weighted by atomic mass is 35.5. The summed E-state index contributed by atoms with van der Waals surface area (Å²) in [7, 11) is 0. The van der Waals surface area contributed by atoms with Crippen molar-refractivity contribution in [2.24, 2.45) is 5.92 Å². The topological polar surface area (TPSA) is 66.3 Å². The fourth-order valence-electron chi connectivity index (χ4n) is 1.80. The van der Waals surface area contributed by atoms with Crippen LogP contribution in [0.25, 0.3) is 0 Å². The first-order valence-electron chi connectivity index (χ1n) is 5.12. The van der Waals surface area contributed by atoms with Gasteiger partial charge >= 0.3 is 5.97 Å². The molecule has 1 aliphatic rings. The highest BCUT2D eigenvalue weighted by molar-refractivity contribution is 6.30. The fourth-order valence-corrected chi connectivity index (χ4v) is 1.89. The van der Waals surface area contributed by atoms with E-state index in [2.05, 4.69) is 9.97 Å². The Morgan fingerprint density at radius 1 is 1.38 bits per heavy atom. The number of hydrogen-bond donors (Lipinski definition) is 1. The molecule has 16 heavy (non-hydrogen) atoms. The van der Waals surface area contributed by atoms with Gasteiger partial charge in [0.1, 0.15) is 0 Å². The van der Waals surface area contributed by atoms with Crippen molar-refractivity contribution in [1.82, 2.24) is 9.97 Å². The third kappa shape index (κ3) is 2.41. The summed E-state index contributed by atoms with van der Waals surface area (Å²) in [6.45, 7) is 1.36. The van der Waals surface area contributed by atoms with Gasteiger partial charge in [-0.25, -0.2) is 9.97 Å². The van der Waals surface area contributed by atoms with Gasteiger partial charge in [-0.15, -0.1) is 0 Å². The Labute approximate surface area is 98.1 Å². The molecule has 1 fully saturated rings. The van der Waals surface area contributed by atoms with E-state index in [0.29, 0.717) is 36.9 Å². The molecule has 86 valence electrons. The van der Waals surface area contributed by atoms with Gasteiger partial charge in [0.05, 0.1) is 23.3 Å². The van der Waals surface area contributed by atoms with Crippen molar-refractivity contribution in [3.63, 3.8) is 0 Å². The molecular weight excluding hydrogens is 230 g/mol. The lowest BCUT2D eigenvalue weighted by molar-refractivity contribution is -0.142. The van der Waals surface area contributed by atoms with Crippen LogP contribution in [0.3, 0.4) is 0 Å². The first-order chi connectivity index (χ1) is 7.66. The molecule has 1 saturated heterocycles. The maximum atomic E-state index is 10.8. The number of carbonyl (C=O) groups is 1. The highest BCUT2D eigenvalue weighted by Crippen LogP contribution is 2.20. The molecule has 2 rings (SSSR count). The van der Waals surface area contributed by atoms with Crippen LogP contribution in [-0.2, 0) is 4.79 Å². The Bertz CT molecular complexity index is 374. The van der Waals surface area contributed by atoms with Crippen LogP contribution in [0.4, 0.5) is 5.95 Å². The molecule has 0 atom stereocenters. The van der Waals surface area contributed by atoms with Crippen LogP contribution < -0.4 is 4.90 Å². The summed E-state index contributed by atoms with van der Waals surface area (Å²) in [5.74, 6) is -0.325. The molecule has 1 aromatic heterocycles. The molecule has 0 unspecified atom stereocenters. The third-order valence-electron chi connectivity index (χ3n) is 2.73. The quantitative estimate of drug-likeness (QED) is 0.849. The van der Waals surface area contributed by atoms with Gasteiger partial charge in [0.25, 0.3) is 0 Å². The molecule has 0 aliphatic carbocycles. The van der Waals surface area contributed by atoms with Crippen LogP contribution in [0, 0.1) is 5.92 Å². The first kappa shape index (κ1) is 11.1. The second kappa shape index (κ2) is 4.65. The minimum Gasteiger partial charge on any atom is -0.481 e. The molecule has 0 spiro atoms. The number of anilines is 1. The summed E-state index contributed by atoms with van der Waals surface area (Å²) >= 11 is 5.69. The number of piperidine rings is 1. The summed E-state index contributed by atoms with van der Waals surface area (Å²) in [6.07, 6.45) is 4.38. The van der Waals surface area contributed by atoms with Gasteiger partial charge < -0.3 is 10.0 Å². The molecule has 1 N–H and O–H groups in total.